The summed E-state index contributed by atoms with van der Waals surface area (Å²) < 4.78 is 0.832. The van der Waals surface area contributed by atoms with Crippen molar-refractivity contribution >= 4 is 35.3 Å². The number of hydrogen-bond acceptors (Lipinski definition) is 3. The van der Waals surface area contributed by atoms with Crippen LogP contribution in [0.25, 0.3) is 0 Å². The van der Waals surface area contributed by atoms with Gasteiger partial charge < -0.3 is 0 Å². The molecule has 1 aromatic heterocycles. The highest BCUT2D eigenvalue weighted by Crippen LogP contribution is 2.63. The number of aromatic nitrogens is 2. The van der Waals surface area contributed by atoms with Gasteiger partial charge in [0.05, 0.1) is 17.3 Å². The van der Waals surface area contributed by atoms with Crippen molar-refractivity contribution in [2.45, 2.75) is 38.1 Å². The van der Waals surface area contributed by atoms with E-state index in [0.717, 1.165) is 17.8 Å². The molecule has 5 nitrogen and oxygen atoms in total. The third-order valence-electron chi connectivity index (χ3n) is 3.44. The van der Waals surface area contributed by atoms with Gasteiger partial charge in [-0.1, -0.05) is 0 Å². The Kier molecular flexibility index (Phi) is 3.62. The molecule has 19 heavy (non-hydrogen) atoms. The zero-order chi connectivity index (χ0) is 14.3. The number of hydrogen-bond donors (Lipinski definition) is 1. The van der Waals surface area contributed by atoms with Gasteiger partial charge in [-0.3, -0.25) is 9.48 Å². The first-order valence-corrected chi connectivity index (χ1v) is 6.81. The summed E-state index contributed by atoms with van der Waals surface area (Å²) in [5.41, 5.74) is 3.44. The van der Waals surface area contributed by atoms with Crippen molar-refractivity contribution in [2.24, 2.45) is 10.5 Å². The fourth-order valence-electron chi connectivity index (χ4n) is 1.75. The van der Waals surface area contributed by atoms with Crippen molar-refractivity contribution in [1.82, 2.24) is 15.2 Å². The lowest BCUT2D eigenvalue weighted by molar-refractivity contribution is -0.125. The molecule has 1 saturated carbocycles. The maximum atomic E-state index is 11.9. The van der Waals surface area contributed by atoms with E-state index in [4.69, 9.17) is 23.2 Å². The van der Waals surface area contributed by atoms with E-state index >= 15 is 0 Å². The van der Waals surface area contributed by atoms with Gasteiger partial charge in [-0.25, -0.2) is 5.43 Å². The van der Waals surface area contributed by atoms with E-state index in [1.165, 1.54) is 0 Å². The van der Waals surface area contributed by atoms with E-state index in [2.05, 4.69) is 15.6 Å². The predicted octanol–water partition coefficient (Wildman–Crippen LogP) is 2.25. The Morgan fingerprint density at radius 2 is 2.32 bits per heavy atom. The molecule has 0 aliphatic heterocycles. The van der Waals surface area contributed by atoms with Crippen LogP contribution in [0.1, 0.15) is 31.5 Å². The molecule has 1 amide bonds. The third-order valence-corrected chi connectivity index (χ3v) is 4.54. The van der Waals surface area contributed by atoms with Gasteiger partial charge in [0.1, 0.15) is 4.33 Å². The molecule has 0 unspecified atom stereocenters. The Labute approximate surface area is 122 Å². The fraction of sp³-hybridized carbons (Fsp3) is 0.583. The van der Waals surface area contributed by atoms with E-state index in [1.54, 1.807) is 13.1 Å². The summed E-state index contributed by atoms with van der Waals surface area (Å²) in [4.78, 5) is 11.9. The number of rotatable bonds is 4. The molecular weight excluding hydrogens is 287 g/mol. The van der Waals surface area contributed by atoms with Gasteiger partial charge in [0.15, 0.2) is 0 Å². The number of carbonyl (C=O) groups excluding carboxylic acids is 1. The van der Waals surface area contributed by atoms with Crippen LogP contribution in [-0.4, -0.2) is 26.2 Å². The lowest BCUT2D eigenvalue weighted by Crippen LogP contribution is -2.29. The minimum Gasteiger partial charge on any atom is -0.272 e. The van der Waals surface area contributed by atoms with Crippen LogP contribution in [0.15, 0.2) is 11.3 Å². The number of hydrazone groups is 1. The predicted molar refractivity (Wildman–Crippen MR) is 75.5 cm³/mol. The summed E-state index contributed by atoms with van der Waals surface area (Å²) in [6.45, 7) is 6.40. The molecule has 2 rings (SSSR count). The van der Waals surface area contributed by atoms with Crippen molar-refractivity contribution in [2.75, 3.05) is 0 Å². The Hall–Kier alpha value is -1.07. The molecule has 1 fully saturated rings. The molecule has 0 saturated heterocycles. The Bertz CT molecular complexity index is 538. The second-order valence-electron chi connectivity index (χ2n) is 4.94. The van der Waals surface area contributed by atoms with Crippen molar-refractivity contribution in [3.8, 4) is 0 Å². The van der Waals surface area contributed by atoms with Crippen LogP contribution in [0.5, 0.6) is 0 Å². The SMILES string of the molecule is CCn1cc(/C=N\NC(=O)[C@@]2(C)CC2(Cl)Cl)c(C)n1. The van der Waals surface area contributed by atoms with Gasteiger partial charge in [0.25, 0.3) is 0 Å². The lowest BCUT2D eigenvalue weighted by Gasteiger charge is -2.08. The number of halogens is 2. The van der Waals surface area contributed by atoms with Gasteiger partial charge in [0, 0.05) is 18.3 Å². The molecule has 1 aromatic rings. The van der Waals surface area contributed by atoms with E-state index in [0.29, 0.717) is 6.42 Å². The summed E-state index contributed by atoms with van der Waals surface area (Å²) in [6.07, 6.45) is 3.89. The van der Waals surface area contributed by atoms with Gasteiger partial charge >= 0.3 is 0 Å². The highest BCUT2D eigenvalue weighted by atomic mass is 35.5. The standard InChI is InChI=1S/C12H16Cl2N4O/c1-4-18-6-9(8(2)17-18)5-15-16-10(19)11(3)7-12(11,13)14/h5-6H,4,7H2,1-3H3,(H,16,19)/b15-5-/t11-/m1/s1. The molecule has 1 aliphatic carbocycles. The number of amides is 1. The largest absolute Gasteiger partial charge is 0.272 e. The van der Waals surface area contributed by atoms with Gasteiger partial charge in [-0.2, -0.15) is 10.2 Å². The summed E-state index contributed by atoms with van der Waals surface area (Å²) in [7, 11) is 0. The average Bonchev–Trinajstić information content (AvgIpc) is 2.68. The highest BCUT2D eigenvalue weighted by molar-refractivity contribution is 6.53. The summed E-state index contributed by atoms with van der Waals surface area (Å²) in [5, 5.41) is 8.21. The molecule has 1 atom stereocenters. The first kappa shape index (κ1) is 14.3. The van der Waals surface area contributed by atoms with Crippen LogP contribution in [0.4, 0.5) is 0 Å². The van der Waals surface area contributed by atoms with Crippen molar-refractivity contribution in [3.63, 3.8) is 0 Å². The van der Waals surface area contributed by atoms with Crippen LogP contribution in [0.2, 0.25) is 0 Å². The number of carbonyl (C=O) groups is 1. The first-order chi connectivity index (χ1) is 8.80. The molecule has 0 radical (unpaired) electrons. The third kappa shape index (κ3) is 2.62. The Morgan fingerprint density at radius 3 is 2.79 bits per heavy atom. The van der Waals surface area contributed by atoms with E-state index in [-0.39, 0.29) is 5.91 Å². The van der Waals surface area contributed by atoms with E-state index < -0.39 is 9.75 Å². The number of alkyl halides is 2. The Morgan fingerprint density at radius 1 is 1.68 bits per heavy atom. The van der Waals surface area contributed by atoms with Gasteiger partial charge in [0.2, 0.25) is 5.91 Å². The van der Waals surface area contributed by atoms with Crippen molar-refractivity contribution < 1.29 is 4.79 Å². The number of nitrogens with one attached hydrogen (secondary N) is 1. The van der Waals surface area contributed by atoms with Crippen LogP contribution >= 0.6 is 23.2 Å². The quantitative estimate of drug-likeness (QED) is 0.527. The molecule has 1 N–H and O–H groups in total. The van der Waals surface area contributed by atoms with Crippen LogP contribution in [-0.2, 0) is 11.3 Å². The van der Waals surface area contributed by atoms with Crippen LogP contribution < -0.4 is 5.43 Å². The molecule has 0 bridgehead atoms. The zero-order valence-electron chi connectivity index (χ0n) is 11.1. The van der Waals surface area contributed by atoms with Crippen LogP contribution in [0.3, 0.4) is 0 Å². The Balaban J connectivity index is 1.97. The molecule has 0 aromatic carbocycles. The van der Waals surface area contributed by atoms with E-state index in [9.17, 15) is 4.79 Å². The van der Waals surface area contributed by atoms with E-state index in [1.807, 2.05) is 24.7 Å². The monoisotopic (exact) mass is 302 g/mol. The molecule has 7 heteroatoms. The highest BCUT2D eigenvalue weighted by Gasteiger charge is 2.68. The average molecular weight is 303 g/mol. The lowest BCUT2D eigenvalue weighted by atomic mass is 10.1. The minimum atomic E-state index is -0.977. The van der Waals surface area contributed by atoms with Crippen LogP contribution in [0, 0.1) is 12.3 Å². The summed E-state index contributed by atoms with van der Waals surface area (Å²) >= 11 is 11.9. The molecule has 1 aliphatic rings. The smallest absolute Gasteiger partial charge is 0.249 e. The van der Waals surface area contributed by atoms with Gasteiger partial charge in [-0.15, -0.1) is 23.2 Å². The van der Waals surface area contributed by atoms with Gasteiger partial charge in [-0.05, 0) is 27.2 Å². The van der Waals surface area contributed by atoms with Crippen molar-refractivity contribution in [3.05, 3.63) is 17.5 Å². The summed E-state index contributed by atoms with van der Waals surface area (Å²) in [6, 6.07) is 0. The van der Waals surface area contributed by atoms with Crippen molar-refractivity contribution in [1.29, 1.82) is 0 Å². The summed E-state index contributed by atoms with van der Waals surface area (Å²) in [5.74, 6) is -0.269. The first-order valence-electron chi connectivity index (χ1n) is 6.05. The molecular formula is C12H16Cl2N4O. The minimum absolute atomic E-state index is 0.269. The number of nitrogens with zero attached hydrogens (tertiary/aromatic N) is 3. The number of aryl methyl sites for hydroxylation is 2. The molecule has 104 valence electrons. The molecule has 0 spiro atoms. The topological polar surface area (TPSA) is 59.3 Å². The molecule has 1 heterocycles. The normalized spacial score (nSPS) is 24.7. The maximum Gasteiger partial charge on any atom is 0.249 e. The second-order valence-corrected chi connectivity index (χ2v) is 6.42. The zero-order valence-corrected chi connectivity index (χ0v) is 12.6. The fourth-order valence-corrected chi connectivity index (χ4v) is 2.46. The second kappa shape index (κ2) is 4.80. The maximum absolute atomic E-state index is 11.9.